The molecule has 1 unspecified atom stereocenters. The van der Waals surface area contributed by atoms with Gasteiger partial charge in [-0.15, -0.1) is 0 Å². The van der Waals surface area contributed by atoms with Gasteiger partial charge in [0.05, 0.1) is 5.02 Å². The molecule has 0 aromatic heterocycles. The van der Waals surface area contributed by atoms with Crippen molar-refractivity contribution < 1.29 is 4.39 Å². The van der Waals surface area contributed by atoms with E-state index >= 15 is 0 Å². The molecule has 0 radical (unpaired) electrons. The zero-order valence-corrected chi connectivity index (χ0v) is 12.3. The van der Waals surface area contributed by atoms with Crippen LogP contribution in [0, 0.1) is 5.82 Å². The molecule has 1 atom stereocenters. The predicted molar refractivity (Wildman–Crippen MR) is 82.6 cm³/mol. The average Bonchev–Trinajstić information content (AvgIpc) is 2.48. The van der Waals surface area contributed by atoms with Crippen molar-refractivity contribution in [3.63, 3.8) is 0 Å². The van der Waals surface area contributed by atoms with Gasteiger partial charge < -0.3 is 5.32 Å². The Morgan fingerprint density at radius 2 is 1.85 bits per heavy atom. The Morgan fingerprint density at radius 1 is 1.10 bits per heavy atom. The number of hydrogen-bond donors (Lipinski definition) is 1. The molecule has 0 aliphatic carbocycles. The third kappa shape index (κ3) is 3.81. The highest BCUT2D eigenvalue weighted by molar-refractivity contribution is 6.31. The molecule has 0 aliphatic heterocycles. The molecule has 0 saturated heterocycles. The molecule has 0 heterocycles. The Hall–Kier alpha value is -1.38. The zero-order valence-electron chi connectivity index (χ0n) is 11.6. The van der Waals surface area contributed by atoms with Crippen LogP contribution < -0.4 is 5.32 Å². The van der Waals surface area contributed by atoms with Gasteiger partial charge in [-0.3, -0.25) is 0 Å². The van der Waals surface area contributed by atoms with Crippen molar-refractivity contribution in [3.8, 4) is 0 Å². The maximum absolute atomic E-state index is 13.4. The molecular weight excluding hydrogens is 273 g/mol. The van der Waals surface area contributed by atoms with E-state index in [0.717, 1.165) is 24.9 Å². The van der Waals surface area contributed by atoms with Crippen LogP contribution in [0.15, 0.2) is 48.5 Å². The largest absolute Gasteiger partial charge is 0.310 e. The van der Waals surface area contributed by atoms with Crippen LogP contribution in [0.5, 0.6) is 0 Å². The summed E-state index contributed by atoms with van der Waals surface area (Å²) in [6.07, 6.45) is 1.64. The van der Waals surface area contributed by atoms with Crippen molar-refractivity contribution in [1.82, 2.24) is 5.32 Å². The van der Waals surface area contributed by atoms with Gasteiger partial charge in [-0.05, 0) is 36.6 Å². The van der Waals surface area contributed by atoms with Gasteiger partial charge >= 0.3 is 0 Å². The molecular formula is C17H19ClFN. The summed E-state index contributed by atoms with van der Waals surface area (Å²) in [7, 11) is 0. The molecule has 3 heteroatoms. The van der Waals surface area contributed by atoms with E-state index in [4.69, 9.17) is 11.6 Å². The van der Waals surface area contributed by atoms with Crippen LogP contribution in [-0.2, 0) is 6.42 Å². The SMILES string of the molecule is CCNC(CCc1cccc(F)c1Cl)c1ccccc1. The Balaban J connectivity index is 2.08. The first-order valence-electron chi connectivity index (χ1n) is 6.93. The summed E-state index contributed by atoms with van der Waals surface area (Å²) in [4.78, 5) is 0. The molecule has 0 aliphatic rings. The number of nitrogens with one attached hydrogen (secondary N) is 1. The van der Waals surface area contributed by atoms with E-state index in [2.05, 4.69) is 24.4 Å². The quantitative estimate of drug-likeness (QED) is 0.809. The van der Waals surface area contributed by atoms with E-state index in [9.17, 15) is 4.39 Å². The highest BCUT2D eigenvalue weighted by atomic mass is 35.5. The number of benzene rings is 2. The molecule has 0 bridgehead atoms. The van der Waals surface area contributed by atoms with Crippen LogP contribution in [0.25, 0.3) is 0 Å². The van der Waals surface area contributed by atoms with Gasteiger partial charge in [-0.1, -0.05) is 61.0 Å². The lowest BCUT2D eigenvalue weighted by atomic mass is 9.99. The van der Waals surface area contributed by atoms with Crippen molar-refractivity contribution >= 4 is 11.6 Å². The minimum Gasteiger partial charge on any atom is -0.310 e. The zero-order chi connectivity index (χ0) is 14.4. The Kier molecular flexibility index (Phi) is 5.57. The van der Waals surface area contributed by atoms with Gasteiger partial charge in [0, 0.05) is 6.04 Å². The minimum absolute atomic E-state index is 0.246. The van der Waals surface area contributed by atoms with Crippen molar-refractivity contribution in [1.29, 1.82) is 0 Å². The van der Waals surface area contributed by atoms with Gasteiger partial charge in [-0.25, -0.2) is 4.39 Å². The average molecular weight is 292 g/mol. The summed E-state index contributed by atoms with van der Waals surface area (Å²) < 4.78 is 13.4. The van der Waals surface area contributed by atoms with E-state index in [1.165, 1.54) is 11.6 Å². The molecule has 0 amide bonds. The normalized spacial score (nSPS) is 12.3. The predicted octanol–water partition coefficient (Wildman–Crippen LogP) is 4.76. The van der Waals surface area contributed by atoms with E-state index < -0.39 is 0 Å². The number of rotatable bonds is 6. The molecule has 2 aromatic carbocycles. The van der Waals surface area contributed by atoms with Crippen molar-refractivity contribution in [2.24, 2.45) is 0 Å². The maximum Gasteiger partial charge on any atom is 0.142 e. The second-order valence-electron chi connectivity index (χ2n) is 4.77. The summed E-state index contributed by atoms with van der Waals surface area (Å²) in [6, 6.07) is 15.6. The van der Waals surface area contributed by atoms with Crippen LogP contribution in [0.1, 0.15) is 30.5 Å². The third-order valence-corrected chi connectivity index (χ3v) is 3.81. The summed E-state index contributed by atoms with van der Waals surface area (Å²) >= 11 is 6.00. The van der Waals surface area contributed by atoms with Gasteiger partial charge in [0.25, 0.3) is 0 Å². The van der Waals surface area contributed by atoms with Gasteiger partial charge in [0.15, 0.2) is 0 Å². The van der Waals surface area contributed by atoms with Gasteiger partial charge in [0.1, 0.15) is 5.82 Å². The lowest BCUT2D eigenvalue weighted by molar-refractivity contribution is 0.514. The topological polar surface area (TPSA) is 12.0 Å². The fourth-order valence-corrected chi connectivity index (χ4v) is 2.58. The fourth-order valence-electron chi connectivity index (χ4n) is 2.36. The van der Waals surface area contributed by atoms with Gasteiger partial charge in [-0.2, -0.15) is 0 Å². The lowest BCUT2D eigenvalue weighted by Gasteiger charge is -2.18. The van der Waals surface area contributed by atoms with E-state index in [-0.39, 0.29) is 16.9 Å². The highest BCUT2D eigenvalue weighted by Gasteiger charge is 2.12. The molecule has 20 heavy (non-hydrogen) atoms. The first-order chi connectivity index (χ1) is 9.72. The molecule has 0 saturated carbocycles. The third-order valence-electron chi connectivity index (χ3n) is 3.39. The first kappa shape index (κ1) is 15.0. The molecule has 106 valence electrons. The van der Waals surface area contributed by atoms with E-state index in [0.29, 0.717) is 0 Å². The molecule has 0 fully saturated rings. The molecule has 2 rings (SSSR count). The van der Waals surface area contributed by atoms with Crippen molar-refractivity contribution in [2.75, 3.05) is 6.54 Å². The van der Waals surface area contributed by atoms with Crippen LogP contribution >= 0.6 is 11.6 Å². The smallest absolute Gasteiger partial charge is 0.142 e. The lowest BCUT2D eigenvalue weighted by Crippen LogP contribution is -2.21. The molecule has 1 nitrogen and oxygen atoms in total. The van der Waals surface area contributed by atoms with Crippen LogP contribution in [0.4, 0.5) is 4.39 Å². The number of hydrogen-bond acceptors (Lipinski definition) is 1. The fraction of sp³-hybridized carbons (Fsp3) is 0.294. The van der Waals surface area contributed by atoms with Crippen LogP contribution in [-0.4, -0.2) is 6.54 Å². The molecule has 1 N–H and O–H groups in total. The number of aryl methyl sites for hydroxylation is 1. The molecule has 0 spiro atoms. The van der Waals surface area contributed by atoms with E-state index in [1.54, 1.807) is 6.07 Å². The second-order valence-corrected chi connectivity index (χ2v) is 5.15. The van der Waals surface area contributed by atoms with Crippen LogP contribution in [0.2, 0.25) is 5.02 Å². The first-order valence-corrected chi connectivity index (χ1v) is 7.31. The summed E-state index contributed by atoms with van der Waals surface area (Å²) in [5.41, 5.74) is 2.12. The summed E-state index contributed by atoms with van der Waals surface area (Å²) in [5, 5.41) is 3.71. The monoisotopic (exact) mass is 291 g/mol. The van der Waals surface area contributed by atoms with Crippen molar-refractivity contribution in [3.05, 3.63) is 70.5 Å². The highest BCUT2D eigenvalue weighted by Crippen LogP contribution is 2.24. The minimum atomic E-state index is -0.344. The van der Waals surface area contributed by atoms with Crippen molar-refractivity contribution in [2.45, 2.75) is 25.8 Å². The standard InChI is InChI=1S/C17H19ClFN/c1-2-20-16(13-7-4-3-5-8-13)12-11-14-9-6-10-15(19)17(14)18/h3-10,16,20H,2,11-12H2,1H3. The summed E-state index contributed by atoms with van der Waals surface area (Å²) in [5.74, 6) is -0.344. The Bertz CT molecular complexity index is 542. The number of halogens is 2. The van der Waals surface area contributed by atoms with E-state index in [1.807, 2.05) is 24.3 Å². The summed E-state index contributed by atoms with van der Waals surface area (Å²) in [6.45, 7) is 2.99. The van der Waals surface area contributed by atoms with Gasteiger partial charge in [0.2, 0.25) is 0 Å². The maximum atomic E-state index is 13.4. The Morgan fingerprint density at radius 3 is 2.55 bits per heavy atom. The molecule has 2 aromatic rings. The second kappa shape index (κ2) is 7.41. The van der Waals surface area contributed by atoms with Crippen LogP contribution in [0.3, 0.4) is 0 Å². The Labute approximate surface area is 124 Å².